The van der Waals surface area contributed by atoms with Gasteiger partial charge in [-0.1, -0.05) is 59.1 Å². The Morgan fingerprint density at radius 1 is 0.935 bits per heavy atom. The SMILES string of the molecule is CCCCCCOC(=O)c1ccc(NC(=O)C(C)Oc2ccc(C(C)(C)C)cc2)cc1. The quantitative estimate of drug-likeness (QED) is 0.367. The Morgan fingerprint density at radius 2 is 1.58 bits per heavy atom. The fraction of sp³-hybridized carbons (Fsp3) is 0.462. The zero-order chi connectivity index (χ0) is 22.9. The first-order chi connectivity index (χ1) is 14.7. The number of hydrogen-bond donors (Lipinski definition) is 1. The molecule has 1 unspecified atom stereocenters. The highest BCUT2D eigenvalue weighted by atomic mass is 16.5. The van der Waals surface area contributed by atoms with Crippen LogP contribution in [-0.4, -0.2) is 24.6 Å². The smallest absolute Gasteiger partial charge is 0.338 e. The predicted molar refractivity (Wildman–Crippen MR) is 125 cm³/mol. The zero-order valence-electron chi connectivity index (χ0n) is 19.4. The molecule has 0 aliphatic heterocycles. The number of unbranched alkanes of at least 4 members (excludes halogenated alkanes) is 3. The van der Waals surface area contributed by atoms with Crippen LogP contribution in [0.2, 0.25) is 0 Å². The van der Waals surface area contributed by atoms with E-state index in [2.05, 4.69) is 33.0 Å². The lowest BCUT2D eigenvalue weighted by Gasteiger charge is -2.20. The Kier molecular flexibility index (Phi) is 9.10. The van der Waals surface area contributed by atoms with Crippen molar-refractivity contribution < 1.29 is 19.1 Å². The van der Waals surface area contributed by atoms with Gasteiger partial charge in [-0.05, 0) is 60.7 Å². The molecule has 0 aliphatic rings. The van der Waals surface area contributed by atoms with Gasteiger partial charge in [0.1, 0.15) is 5.75 Å². The molecule has 0 saturated heterocycles. The van der Waals surface area contributed by atoms with E-state index in [4.69, 9.17) is 9.47 Å². The molecular formula is C26H35NO4. The van der Waals surface area contributed by atoms with E-state index in [-0.39, 0.29) is 17.3 Å². The second-order valence-corrected chi connectivity index (χ2v) is 8.80. The number of hydrogen-bond acceptors (Lipinski definition) is 4. The van der Waals surface area contributed by atoms with E-state index < -0.39 is 6.10 Å². The monoisotopic (exact) mass is 425 g/mol. The van der Waals surface area contributed by atoms with E-state index in [1.807, 2.05) is 24.3 Å². The van der Waals surface area contributed by atoms with Crippen molar-refractivity contribution in [2.24, 2.45) is 0 Å². The van der Waals surface area contributed by atoms with Crippen LogP contribution < -0.4 is 10.1 Å². The summed E-state index contributed by atoms with van der Waals surface area (Å²) < 4.78 is 11.0. The minimum Gasteiger partial charge on any atom is -0.481 e. The summed E-state index contributed by atoms with van der Waals surface area (Å²) in [6.45, 7) is 10.7. The van der Waals surface area contributed by atoms with Gasteiger partial charge in [0.05, 0.1) is 12.2 Å². The van der Waals surface area contributed by atoms with Crippen LogP contribution in [0.15, 0.2) is 48.5 Å². The van der Waals surface area contributed by atoms with Gasteiger partial charge in [0, 0.05) is 5.69 Å². The van der Waals surface area contributed by atoms with Crippen LogP contribution >= 0.6 is 0 Å². The molecule has 2 aromatic rings. The molecule has 2 rings (SSSR count). The fourth-order valence-corrected chi connectivity index (χ4v) is 3.00. The number of esters is 1. The number of benzene rings is 2. The van der Waals surface area contributed by atoms with E-state index in [0.29, 0.717) is 23.6 Å². The van der Waals surface area contributed by atoms with Crippen LogP contribution in [0.3, 0.4) is 0 Å². The number of anilines is 1. The highest BCUT2D eigenvalue weighted by Crippen LogP contribution is 2.24. The first-order valence-electron chi connectivity index (χ1n) is 11.1. The minimum absolute atomic E-state index is 0.0646. The molecule has 1 N–H and O–H groups in total. The standard InChI is InChI=1S/C26H35NO4/c1-6-7-8-9-18-30-25(29)20-10-14-22(15-11-20)27-24(28)19(2)31-23-16-12-21(13-17-23)26(3,4)5/h10-17,19H,6-9,18H2,1-5H3,(H,27,28). The van der Waals surface area contributed by atoms with E-state index in [1.165, 1.54) is 5.56 Å². The van der Waals surface area contributed by atoms with E-state index in [1.54, 1.807) is 31.2 Å². The minimum atomic E-state index is -0.659. The molecule has 31 heavy (non-hydrogen) atoms. The Bertz CT molecular complexity index is 835. The Hall–Kier alpha value is -2.82. The fourth-order valence-electron chi connectivity index (χ4n) is 3.00. The van der Waals surface area contributed by atoms with Gasteiger partial charge in [-0.25, -0.2) is 4.79 Å². The summed E-state index contributed by atoms with van der Waals surface area (Å²) in [6, 6.07) is 14.5. The number of carbonyl (C=O) groups excluding carboxylic acids is 2. The van der Waals surface area contributed by atoms with Crippen molar-refractivity contribution in [1.29, 1.82) is 0 Å². The molecule has 1 amide bonds. The summed E-state index contributed by atoms with van der Waals surface area (Å²) in [6.07, 6.45) is 3.58. The number of nitrogens with one attached hydrogen (secondary N) is 1. The molecule has 1 atom stereocenters. The summed E-state index contributed by atoms with van der Waals surface area (Å²) in [4.78, 5) is 24.5. The largest absolute Gasteiger partial charge is 0.481 e. The molecule has 0 spiro atoms. The van der Waals surface area contributed by atoms with Crippen molar-refractivity contribution in [3.63, 3.8) is 0 Å². The molecule has 2 aromatic carbocycles. The average Bonchev–Trinajstić information content (AvgIpc) is 2.73. The summed E-state index contributed by atoms with van der Waals surface area (Å²) in [7, 11) is 0. The maximum absolute atomic E-state index is 12.5. The summed E-state index contributed by atoms with van der Waals surface area (Å²) in [5.41, 5.74) is 2.34. The first kappa shape index (κ1) is 24.4. The van der Waals surface area contributed by atoms with Crippen LogP contribution in [0.4, 0.5) is 5.69 Å². The second-order valence-electron chi connectivity index (χ2n) is 8.80. The Labute approximate surface area is 186 Å². The van der Waals surface area contributed by atoms with Gasteiger partial charge in [-0.15, -0.1) is 0 Å². The van der Waals surface area contributed by atoms with Gasteiger partial charge >= 0.3 is 5.97 Å². The molecule has 0 aliphatic carbocycles. The zero-order valence-corrected chi connectivity index (χ0v) is 19.4. The van der Waals surface area contributed by atoms with Crippen LogP contribution in [0.5, 0.6) is 5.75 Å². The van der Waals surface area contributed by atoms with Crippen molar-refractivity contribution in [3.05, 3.63) is 59.7 Å². The Balaban J connectivity index is 1.84. The van der Waals surface area contributed by atoms with Crippen molar-refractivity contribution >= 4 is 17.6 Å². The van der Waals surface area contributed by atoms with Crippen LogP contribution in [0, 0.1) is 0 Å². The van der Waals surface area contributed by atoms with Gasteiger partial charge in [-0.2, -0.15) is 0 Å². The van der Waals surface area contributed by atoms with Gasteiger partial charge in [0.25, 0.3) is 5.91 Å². The van der Waals surface area contributed by atoms with Crippen molar-refractivity contribution in [2.75, 3.05) is 11.9 Å². The maximum Gasteiger partial charge on any atom is 0.338 e. The van der Waals surface area contributed by atoms with E-state index in [0.717, 1.165) is 25.7 Å². The average molecular weight is 426 g/mol. The molecule has 5 heteroatoms. The highest BCUT2D eigenvalue weighted by molar-refractivity contribution is 5.95. The second kappa shape index (κ2) is 11.5. The summed E-state index contributed by atoms with van der Waals surface area (Å²) >= 11 is 0. The normalized spacial score (nSPS) is 12.2. The molecule has 0 bridgehead atoms. The van der Waals surface area contributed by atoms with Crippen LogP contribution in [0.1, 0.15) is 76.2 Å². The van der Waals surface area contributed by atoms with Gasteiger partial charge < -0.3 is 14.8 Å². The predicted octanol–water partition coefficient (Wildman–Crippen LogP) is 6.13. The molecule has 0 saturated carbocycles. The number of carbonyl (C=O) groups is 2. The Morgan fingerprint density at radius 3 is 2.16 bits per heavy atom. The first-order valence-corrected chi connectivity index (χ1v) is 11.1. The van der Waals surface area contributed by atoms with Gasteiger partial charge in [0.15, 0.2) is 6.10 Å². The van der Waals surface area contributed by atoms with Crippen molar-refractivity contribution in [1.82, 2.24) is 0 Å². The number of amides is 1. The molecule has 0 heterocycles. The third-order valence-corrected chi connectivity index (χ3v) is 5.02. The lowest BCUT2D eigenvalue weighted by Crippen LogP contribution is -2.30. The topological polar surface area (TPSA) is 64.6 Å². The molecule has 0 aromatic heterocycles. The number of ether oxygens (including phenoxy) is 2. The molecular weight excluding hydrogens is 390 g/mol. The molecule has 0 fully saturated rings. The third kappa shape index (κ3) is 8.08. The van der Waals surface area contributed by atoms with Gasteiger partial charge in [-0.3, -0.25) is 4.79 Å². The van der Waals surface area contributed by atoms with Crippen LogP contribution in [-0.2, 0) is 14.9 Å². The van der Waals surface area contributed by atoms with E-state index >= 15 is 0 Å². The lowest BCUT2D eigenvalue weighted by molar-refractivity contribution is -0.122. The molecule has 168 valence electrons. The van der Waals surface area contributed by atoms with Crippen molar-refractivity contribution in [3.8, 4) is 5.75 Å². The molecule has 5 nitrogen and oxygen atoms in total. The van der Waals surface area contributed by atoms with E-state index in [9.17, 15) is 9.59 Å². The number of rotatable bonds is 10. The van der Waals surface area contributed by atoms with Crippen molar-refractivity contribution in [2.45, 2.75) is 71.8 Å². The molecule has 0 radical (unpaired) electrons. The highest BCUT2D eigenvalue weighted by Gasteiger charge is 2.17. The van der Waals surface area contributed by atoms with Gasteiger partial charge in [0.2, 0.25) is 0 Å². The lowest BCUT2D eigenvalue weighted by atomic mass is 9.87. The maximum atomic E-state index is 12.5. The van der Waals surface area contributed by atoms with Crippen LogP contribution in [0.25, 0.3) is 0 Å². The summed E-state index contributed by atoms with van der Waals surface area (Å²) in [5.74, 6) is 0.0450. The third-order valence-electron chi connectivity index (χ3n) is 5.02. The summed E-state index contributed by atoms with van der Waals surface area (Å²) in [5, 5.41) is 2.81.